The van der Waals surface area contributed by atoms with Crippen LogP contribution in [-0.4, -0.2) is 0 Å². The van der Waals surface area contributed by atoms with Crippen LogP contribution < -0.4 is 5.73 Å². The first kappa shape index (κ1) is 7.77. The first-order chi connectivity index (χ1) is 5.79. The maximum absolute atomic E-state index is 5.84. The van der Waals surface area contributed by atoms with Crippen LogP contribution >= 0.6 is 11.3 Å². The highest BCUT2D eigenvalue weighted by molar-refractivity contribution is 7.17. The molecule has 1 heterocycles. The second-order valence-electron chi connectivity index (χ2n) is 2.97. The highest BCUT2D eigenvalue weighted by Crippen LogP contribution is 2.26. The van der Waals surface area contributed by atoms with Crippen LogP contribution in [0, 0.1) is 0 Å². The average Bonchev–Trinajstić information content (AvgIpc) is 2.49. The van der Waals surface area contributed by atoms with E-state index in [9.17, 15) is 0 Å². The van der Waals surface area contributed by atoms with Gasteiger partial charge in [0.1, 0.15) is 0 Å². The number of hydrogen-bond donors (Lipinski definition) is 1. The quantitative estimate of drug-likeness (QED) is 0.712. The second-order valence-corrected chi connectivity index (χ2v) is 3.92. The van der Waals surface area contributed by atoms with Crippen molar-refractivity contribution in [3.8, 4) is 0 Å². The summed E-state index contributed by atoms with van der Waals surface area (Å²) in [5, 5.41) is 3.41. The molecule has 62 valence electrons. The lowest BCUT2D eigenvalue weighted by atomic mass is 10.1. The number of rotatable bonds is 1. The summed E-state index contributed by atoms with van der Waals surface area (Å²) in [6, 6.07) is 8.56. The van der Waals surface area contributed by atoms with Crippen LogP contribution in [0.5, 0.6) is 0 Å². The fraction of sp³-hybridized carbons (Fsp3) is 0.200. The van der Waals surface area contributed by atoms with Crippen molar-refractivity contribution in [1.82, 2.24) is 0 Å². The highest BCUT2D eigenvalue weighted by atomic mass is 32.1. The molecule has 2 N–H and O–H groups in total. The first-order valence-corrected chi connectivity index (χ1v) is 4.88. The van der Waals surface area contributed by atoms with Gasteiger partial charge in [0.05, 0.1) is 0 Å². The van der Waals surface area contributed by atoms with Crippen molar-refractivity contribution >= 4 is 21.4 Å². The van der Waals surface area contributed by atoms with Crippen molar-refractivity contribution in [2.24, 2.45) is 5.73 Å². The largest absolute Gasteiger partial charge is 0.324 e. The Morgan fingerprint density at radius 2 is 2.17 bits per heavy atom. The van der Waals surface area contributed by atoms with E-state index in [2.05, 4.69) is 29.6 Å². The number of thiophene rings is 1. The monoisotopic (exact) mass is 177 g/mol. The number of benzene rings is 1. The lowest BCUT2D eigenvalue weighted by Gasteiger charge is -2.05. The molecular weight excluding hydrogens is 166 g/mol. The van der Waals surface area contributed by atoms with Crippen LogP contribution in [0.2, 0.25) is 0 Å². The van der Waals surface area contributed by atoms with Crippen LogP contribution in [0.4, 0.5) is 0 Å². The standard InChI is InChI=1S/C10H11NS/c1-7(11)8-3-2-4-10-9(8)5-6-12-10/h2-7H,11H2,1H3/t7-/m1/s1. The maximum atomic E-state index is 5.84. The summed E-state index contributed by atoms with van der Waals surface area (Å²) in [5.41, 5.74) is 7.09. The van der Waals surface area contributed by atoms with Crippen molar-refractivity contribution in [3.63, 3.8) is 0 Å². The molecule has 1 aromatic carbocycles. The van der Waals surface area contributed by atoms with E-state index in [-0.39, 0.29) is 6.04 Å². The predicted octanol–water partition coefficient (Wildman–Crippen LogP) is 2.92. The molecule has 2 aromatic rings. The Balaban J connectivity index is 2.73. The average molecular weight is 177 g/mol. The van der Waals surface area contributed by atoms with Gasteiger partial charge in [-0.15, -0.1) is 11.3 Å². The van der Waals surface area contributed by atoms with Crippen LogP contribution in [0.3, 0.4) is 0 Å². The fourth-order valence-electron chi connectivity index (χ4n) is 1.41. The molecule has 0 aliphatic heterocycles. The van der Waals surface area contributed by atoms with Crippen LogP contribution in [-0.2, 0) is 0 Å². The lowest BCUT2D eigenvalue weighted by molar-refractivity contribution is 0.827. The Bertz CT molecular complexity index is 389. The van der Waals surface area contributed by atoms with Crippen molar-refractivity contribution < 1.29 is 0 Å². The van der Waals surface area contributed by atoms with Crippen LogP contribution in [0.25, 0.3) is 10.1 Å². The summed E-state index contributed by atoms with van der Waals surface area (Å²) in [7, 11) is 0. The molecule has 0 radical (unpaired) electrons. The summed E-state index contributed by atoms with van der Waals surface area (Å²) < 4.78 is 1.32. The molecule has 0 bridgehead atoms. The molecule has 0 fully saturated rings. The molecule has 0 amide bonds. The number of nitrogens with two attached hydrogens (primary N) is 1. The minimum atomic E-state index is 0.128. The molecule has 1 aromatic heterocycles. The minimum Gasteiger partial charge on any atom is -0.324 e. The van der Waals surface area contributed by atoms with Crippen LogP contribution in [0.15, 0.2) is 29.6 Å². The Kier molecular flexibility index (Phi) is 1.87. The van der Waals surface area contributed by atoms with Crippen LogP contribution in [0.1, 0.15) is 18.5 Å². The molecule has 1 nitrogen and oxygen atoms in total. The highest BCUT2D eigenvalue weighted by Gasteiger charge is 2.04. The van der Waals surface area contributed by atoms with E-state index in [1.54, 1.807) is 11.3 Å². The third-order valence-electron chi connectivity index (χ3n) is 2.02. The molecule has 12 heavy (non-hydrogen) atoms. The Labute approximate surface area is 75.8 Å². The number of hydrogen-bond acceptors (Lipinski definition) is 2. The maximum Gasteiger partial charge on any atom is 0.0346 e. The van der Waals surface area contributed by atoms with Gasteiger partial charge in [-0.2, -0.15) is 0 Å². The van der Waals surface area contributed by atoms with E-state index in [1.165, 1.54) is 15.6 Å². The Morgan fingerprint density at radius 1 is 1.33 bits per heavy atom. The van der Waals surface area contributed by atoms with E-state index in [0.29, 0.717) is 0 Å². The molecule has 0 saturated carbocycles. The third kappa shape index (κ3) is 1.13. The normalized spacial score (nSPS) is 13.5. The topological polar surface area (TPSA) is 26.0 Å². The van der Waals surface area contributed by atoms with Gasteiger partial charge in [-0.25, -0.2) is 0 Å². The lowest BCUT2D eigenvalue weighted by Crippen LogP contribution is -2.04. The summed E-state index contributed by atoms with van der Waals surface area (Å²) in [4.78, 5) is 0. The summed E-state index contributed by atoms with van der Waals surface area (Å²) >= 11 is 1.76. The van der Waals surface area contributed by atoms with E-state index >= 15 is 0 Å². The van der Waals surface area contributed by atoms with E-state index in [0.717, 1.165) is 0 Å². The van der Waals surface area contributed by atoms with Gasteiger partial charge in [-0.1, -0.05) is 12.1 Å². The number of fused-ring (bicyclic) bond motifs is 1. The molecule has 0 aliphatic rings. The van der Waals surface area contributed by atoms with Crippen molar-refractivity contribution in [2.45, 2.75) is 13.0 Å². The van der Waals surface area contributed by atoms with Crippen molar-refractivity contribution in [3.05, 3.63) is 35.2 Å². The molecule has 0 aliphatic carbocycles. The summed E-state index contributed by atoms with van der Waals surface area (Å²) in [5.74, 6) is 0. The molecule has 0 spiro atoms. The molecule has 0 unspecified atom stereocenters. The van der Waals surface area contributed by atoms with E-state index in [1.807, 2.05) is 6.92 Å². The van der Waals surface area contributed by atoms with Gasteiger partial charge in [0.25, 0.3) is 0 Å². The van der Waals surface area contributed by atoms with Gasteiger partial charge in [0.15, 0.2) is 0 Å². The molecule has 1 atom stereocenters. The molecule has 0 saturated heterocycles. The summed E-state index contributed by atoms with van der Waals surface area (Å²) in [6.07, 6.45) is 0. The molecule has 2 heteroatoms. The van der Waals surface area contributed by atoms with Gasteiger partial charge in [-0.05, 0) is 35.4 Å². The third-order valence-corrected chi connectivity index (χ3v) is 2.90. The van der Waals surface area contributed by atoms with E-state index in [4.69, 9.17) is 5.73 Å². The van der Waals surface area contributed by atoms with E-state index < -0.39 is 0 Å². The smallest absolute Gasteiger partial charge is 0.0346 e. The van der Waals surface area contributed by atoms with Crippen molar-refractivity contribution in [2.75, 3.05) is 0 Å². The fourth-order valence-corrected chi connectivity index (χ4v) is 2.24. The summed E-state index contributed by atoms with van der Waals surface area (Å²) in [6.45, 7) is 2.02. The van der Waals surface area contributed by atoms with Gasteiger partial charge >= 0.3 is 0 Å². The molecular formula is C10H11NS. The van der Waals surface area contributed by atoms with Gasteiger partial charge in [-0.3, -0.25) is 0 Å². The Hall–Kier alpha value is -0.860. The molecule has 2 rings (SSSR count). The van der Waals surface area contributed by atoms with Gasteiger partial charge in [0, 0.05) is 10.7 Å². The zero-order chi connectivity index (χ0) is 8.55. The SMILES string of the molecule is C[C@@H](N)c1cccc2sccc12. The van der Waals surface area contributed by atoms with Gasteiger partial charge < -0.3 is 5.73 Å². The minimum absolute atomic E-state index is 0.128. The predicted molar refractivity (Wildman–Crippen MR) is 54.4 cm³/mol. The second kappa shape index (κ2) is 2.88. The first-order valence-electron chi connectivity index (χ1n) is 4.01. The zero-order valence-corrected chi connectivity index (χ0v) is 7.77. The van der Waals surface area contributed by atoms with Gasteiger partial charge in [0.2, 0.25) is 0 Å². The zero-order valence-electron chi connectivity index (χ0n) is 6.95. The van der Waals surface area contributed by atoms with Crippen molar-refractivity contribution in [1.29, 1.82) is 0 Å². The Morgan fingerprint density at radius 3 is 2.92 bits per heavy atom.